The van der Waals surface area contributed by atoms with Crippen molar-refractivity contribution in [3.63, 3.8) is 0 Å². The number of carboxylic acids is 1. The minimum Gasteiger partial charge on any atom is -0.478 e. The fraction of sp³-hybridized carbons (Fsp3) is 0.286. The van der Waals surface area contributed by atoms with Gasteiger partial charge >= 0.3 is 5.97 Å². The van der Waals surface area contributed by atoms with Crippen LogP contribution in [0.4, 0.5) is 0 Å². The average Bonchev–Trinajstić information content (AvgIpc) is 2.78. The van der Waals surface area contributed by atoms with E-state index in [1.54, 1.807) is 11.7 Å². The molecular weight excluding hydrogens is 278 g/mol. The van der Waals surface area contributed by atoms with Gasteiger partial charge in [-0.25, -0.2) is 4.79 Å². The highest BCUT2D eigenvalue weighted by Crippen LogP contribution is 2.17. The molecular formula is C14H16ClN3O2. The van der Waals surface area contributed by atoms with Crippen molar-refractivity contribution in [1.29, 1.82) is 0 Å². The number of nitrogens with zero attached hydrogens (tertiary/aromatic N) is 2. The minimum atomic E-state index is -0.964. The van der Waals surface area contributed by atoms with Crippen LogP contribution in [-0.2, 0) is 13.6 Å². The molecule has 2 aromatic rings. The molecule has 0 radical (unpaired) electrons. The predicted octanol–water partition coefficient (Wildman–Crippen LogP) is 2.62. The molecule has 0 spiro atoms. The third-order valence-corrected chi connectivity index (χ3v) is 3.49. The molecule has 106 valence electrons. The summed E-state index contributed by atoms with van der Waals surface area (Å²) in [5.41, 5.74) is 1.97. The van der Waals surface area contributed by atoms with Crippen LogP contribution in [0.25, 0.3) is 0 Å². The molecule has 1 aromatic heterocycles. The molecule has 1 atom stereocenters. The number of aromatic nitrogens is 2. The van der Waals surface area contributed by atoms with Crippen molar-refractivity contribution in [1.82, 2.24) is 15.1 Å². The Balaban J connectivity index is 2.07. The van der Waals surface area contributed by atoms with Gasteiger partial charge in [0.05, 0.1) is 11.9 Å². The van der Waals surface area contributed by atoms with E-state index < -0.39 is 5.97 Å². The maximum Gasteiger partial charge on any atom is 0.339 e. The van der Waals surface area contributed by atoms with Crippen molar-refractivity contribution in [3.05, 3.63) is 52.3 Å². The van der Waals surface area contributed by atoms with Gasteiger partial charge in [0.2, 0.25) is 0 Å². The number of hydrogen-bond donors (Lipinski definition) is 2. The highest BCUT2D eigenvalue weighted by atomic mass is 35.5. The molecule has 0 aliphatic carbocycles. The van der Waals surface area contributed by atoms with E-state index in [1.807, 2.05) is 31.2 Å². The number of hydrogen-bond acceptors (Lipinski definition) is 3. The zero-order valence-corrected chi connectivity index (χ0v) is 12.1. The second-order valence-corrected chi connectivity index (χ2v) is 5.02. The zero-order chi connectivity index (χ0) is 14.7. The fourth-order valence-electron chi connectivity index (χ4n) is 1.97. The second kappa shape index (κ2) is 6.07. The molecule has 0 aliphatic rings. The summed E-state index contributed by atoms with van der Waals surface area (Å²) in [7, 11) is 1.73. The third-order valence-electron chi connectivity index (χ3n) is 3.24. The van der Waals surface area contributed by atoms with Gasteiger partial charge in [0.25, 0.3) is 0 Å². The van der Waals surface area contributed by atoms with Crippen molar-refractivity contribution in [2.45, 2.75) is 19.5 Å². The second-order valence-electron chi connectivity index (χ2n) is 4.59. The smallest absolute Gasteiger partial charge is 0.339 e. The zero-order valence-electron chi connectivity index (χ0n) is 11.3. The van der Waals surface area contributed by atoms with Gasteiger partial charge < -0.3 is 10.4 Å². The van der Waals surface area contributed by atoms with Crippen molar-refractivity contribution >= 4 is 17.6 Å². The molecule has 2 rings (SSSR count). The van der Waals surface area contributed by atoms with Crippen LogP contribution in [0.3, 0.4) is 0 Å². The number of benzene rings is 1. The third kappa shape index (κ3) is 3.18. The summed E-state index contributed by atoms with van der Waals surface area (Å²) in [5, 5.41) is 17.1. The van der Waals surface area contributed by atoms with Gasteiger partial charge in [-0.3, -0.25) is 4.68 Å². The lowest BCUT2D eigenvalue weighted by Gasteiger charge is -2.15. The molecule has 1 heterocycles. The van der Waals surface area contributed by atoms with E-state index in [9.17, 15) is 4.79 Å². The van der Waals surface area contributed by atoms with Crippen molar-refractivity contribution in [3.8, 4) is 0 Å². The molecule has 1 aromatic carbocycles. The number of nitrogens with one attached hydrogen (secondary N) is 1. The molecule has 6 heteroatoms. The van der Waals surface area contributed by atoms with E-state index in [2.05, 4.69) is 10.4 Å². The summed E-state index contributed by atoms with van der Waals surface area (Å²) in [6.45, 7) is 2.45. The minimum absolute atomic E-state index is 0.0869. The summed E-state index contributed by atoms with van der Waals surface area (Å²) in [6.07, 6.45) is 1.37. The number of aryl methyl sites for hydroxylation is 1. The molecule has 0 aliphatic heterocycles. The Morgan fingerprint density at radius 3 is 2.70 bits per heavy atom. The van der Waals surface area contributed by atoms with Gasteiger partial charge in [-0.2, -0.15) is 5.10 Å². The van der Waals surface area contributed by atoms with Gasteiger partial charge in [-0.1, -0.05) is 23.7 Å². The first-order valence-corrected chi connectivity index (χ1v) is 6.60. The monoisotopic (exact) mass is 293 g/mol. The van der Waals surface area contributed by atoms with Crippen LogP contribution in [0.5, 0.6) is 0 Å². The molecule has 2 N–H and O–H groups in total. The van der Waals surface area contributed by atoms with E-state index in [1.165, 1.54) is 6.20 Å². The van der Waals surface area contributed by atoms with Crippen molar-refractivity contribution in [2.24, 2.45) is 7.05 Å². The number of aromatic carboxylic acids is 1. The number of carboxylic acid groups (broad SMARTS) is 1. The molecule has 0 unspecified atom stereocenters. The molecule has 0 bridgehead atoms. The van der Waals surface area contributed by atoms with Gasteiger partial charge in [0.15, 0.2) is 0 Å². The van der Waals surface area contributed by atoms with Gasteiger partial charge in [0, 0.05) is 24.7 Å². The Labute approximate surface area is 122 Å². The first-order valence-electron chi connectivity index (χ1n) is 6.22. The summed E-state index contributed by atoms with van der Waals surface area (Å²) >= 11 is 5.85. The number of rotatable bonds is 5. The Bertz CT molecular complexity index is 607. The van der Waals surface area contributed by atoms with Crippen LogP contribution in [0.15, 0.2) is 30.5 Å². The van der Waals surface area contributed by atoms with Crippen LogP contribution in [0.2, 0.25) is 5.02 Å². The maximum absolute atomic E-state index is 11.1. The van der Waals surface area contributed by atoms with E-state index in [0.717, 1.165) is 5.56 Å². The molecule has 0 saturated carbocycles. The average molecular weight is 294 g/mol. The first kappa shape index (κ1) is 14.6. The van der Waals surface area contributed by atoms with E-state index in [0.29, 0.717) is 17.3 Å². The van der Waals surface area contributed by atoms with Crippen LogP contribution in [0.1, 0.15) is 34.6 Å². The largest absolute Gasteiger partial charge is 0.478 e. The van der Waals surface area contributed by atoms with E-state index in [4.69, 9.17) is 16.7 Å². The summed E-state index contributed by atoms with van der Waals surface area (Å²) in [5.74, 6) is -0.964. The summed E-state index contributed by atoms with van der Waals surface area (Å²) < 4.78 is 1.57. The lowest BCUT2D eigenvalue weighted by atomic mass is 10.1. The summed E-state index contributed by atoms with van der Waals surface area (Å²) in [4.78, 5) is 11.1. The van der Waals surface area contributed by atoms with Gasteiger partial charge in [-0.15, -0.1) is 0 Å². The maximum atomic E-state index is 11.1. The molecule has 0 amide bonds. The number of carbonyl (C=O) groups is 1. The first-order chi connectivity index (χ1) is 9.49. The molecule has 0 saturated heterocycles. The van der Waals surface area contributed by atoms with E-state index in [-0.39, 0.29) is 11.6 Å². The quantitative estimate of drug-likeness (QED) is 0.889. The lowest BCUT2D eigenvalue weighted by molar-refractivity contribution is 0.0695. The predicted molar refractivity (Wildman–Crippen MR) is 76.9 cm³/mol. The van der Waals surface area contributed by atoms with Crippen LogP contribution in [-0.4, -0.2) is 20.9 Å². The van der Waals surface area contributed by atoms with Gasteiger partial charge in [0.1, 0.15) is 5.56 Å². The standard InChI is InChI=1S/C14H16ClN3O2/c1-9(10-3-5-11(15)6-4-10)16-8-13-12(14(19)20)7-17-18(13)2/h3-7,9,16H,8H2,1-2H3,(H,19,20)/t9-/m0/s1. The summed E-state index contributed by atoms with van der Waals surface area (Å²) in [6, 6.07) is 7.65. The molecule has 20 heavy (non-hydrogen) atoms. The Morgan fingerprint density at radius 2 is 2.10 bits per heavy atom. The van der Waals surface area contributed by atoms with Gasteiger partial charge in [-0.05, 0) is 24.6 Å². The van der Waals surface area contributed by atoms with Crippen LogP contribution in [0, 0.1) is 0 Å². The van der Waals surface area contributed by atoms with Crippen LogP contribution >= 0.6 is 11.6 Å². The Morgan fingerprint density at radius 1 is 1.45 bits per heavy atom. The molecule has 5 nitrogen and oxygen atoms in total. The Kier molecular flexibility index (Phi) is 4.42. The normalized spacial score (nSPS) is 12.3. The molecule has 0 fully saturated rings. The SMILES string of the molecule is C[C@H](NCc1c(C(=O)O)cnn1C)c1ccc(Cl)cc1. The number of halogens is 1. The fourth-order valence-corrected chi connectivity index (χ4v) is 2.10. The Hall–Kier alpha value is -1.85. The highest BCUT2D eigenvalue weighted by Gasteiger charge is 2.15. The highest BCUT2D eigenvalue weighted by molar-refractivity contribution is 6.30. The topological polar surface area (TPSA) is 67.2 Å². The van der Waals surface area contributed by atoms with Crippen LogP contribution < -0.4 is 5.32 Å². The lowest BCUT2D eigenvalue weighted by Crippen LogP contribution is -2.21. The van der Waals surface area contributed by atoms with Crippen molar-refractivity contribution in [2.75, 3.05) is 0 Å². The van der Waals surface area contributed by atoms with Crippen molar-refractivity contribution < 1.29 is 9.90 Å². The van der Waals surface area contributed by atoms with E-state index >= 15 is 0 Å².